The maximum Gasteiger partial charge on any atom is 0.266 e. The van der Waals surface area contributed by atoms with Crippen molar-refractivity contribution in [3.05, 3.63) is 62.4 Å². The summed E-state index contributed by atoms with van der Waals surface area (Å²) in [4.78, 5) is 14.9. The Balaban J connectivity index is 2.09. The number of aromatic amines is 1. The van der Waals surface area contributed by atoms with Crippen molar-refractivity contribution in [1.82, 2.24) is 4.98 Å². The van der Waals surface area contributed by atoms with Gasteiger partial charge in [-0.3, -0.25) is 4.79 Å². The molecule has 2 aromatic rings. The van der Waals surface area contributed by atoms with E-state index in [9.17, 15) is 20.5 Å². The van der Waals surface area contributed by atoms with Crippen LogP contribution in [0.2, 0.25) is 0 Å². The van der Waals surface area contributed by atoms with Gasteiger partial charge in [-0.1, -0.05) is 6.42 Å². The molecule has 2 N–H and O–H groups in total. The van der Waals surface area contributed by atoms with E-state index >= 15 is 0 Å². The number of hydrogen-bond donors (Lipinski definition) is 2. The molecule has 112 valence electrons. The summed E-state index contributed by atoms with van der Waals surface area (Å²) in [6, 6.07) is 9.76. The van der Waals surface area contributed by atoms with Crippen LogP contribution in [0.4, 0.5) is 5.69 Å². The number of aromatic nitrogens is 1. The van der Waals surface area contributed by atoms with Gasteiger partial charge in [-0.15, -0.1) is 0 Å². The molecule has 0 bridgehead atoms. The van der Waals surface area contributed by atoms with Crippen molar-refractivity contribution in [3.8, 4) is 17.2 Å². The Hall–Kier alpha value is -2.46. The predicted molar refractivity (Wildman–Crippen MR) is 81.2 cm³/mol. The van der Waals surface area contributed by atoms with Gasteiger partial charge in [0, 0.05) is 23.4 Å². The molecule has 1 heterocycles. The number of nitrogens with one attached hydrogen (secondary N) is 2. The smallest absolute Gasteiger partial charge is 0.266 e. The van der Waals surface area contributed by atoms with Crippen LogP contribution in [0.25, 0.3) is 11.1 Å². The summed E-state index contributed by atoms with van der Waals surface area (Å²) in [6.07, 6.45) is 3.21. The number of hydrogen-bond acceptors (Lipinski definition) is 4. The Kier molecular flexibility index (Phi) is 3.77. The summed E-state index contributed by atoms with van der Waals surface area (Å²) >= 11 is 0. The van der Waals surface area contributed by atoms with E-state index in [-0.39, 0.29) is 11.3 Å². The van der Waals surface area contributed by atoms with Crippen LogP contribution in [-0.4, -0.2) is 4.98 Å². The SMILES string of the molecule is N#Cc1c(-c2ccc([NH+]([O-])[O-])cc2)cc(C2CCC2)[nH]c1=O. The maximum atomic E-state index is 12.1. The molecule has 1 aliphatic rings. The summed E-state index contributed by atoms with van der Waals surface area (Å²) in [5.41, 5.74) is 1.74. The standard InChI is InChI=1S/C16H14N3O3/c17-9-14-13(10-4-6-12(7-5-10)19(21)22)8-15(18-16(14)20)11-2-1-3-11/h4-8,11,19H,1-3H2,(H,18,20)/q-1. The van der Waals surface area contributed by atoms with Crippen molar-refractivity contribution in [3.63, 3.8) is 0 Å². The summed E-state index contributed by atoms with van der Waals surface area (Å²) in [7, 11) is 0. The average Bonchev–Trinajstić information content (AvgIpc) is 2.45. The molecule has 0 saturated heterocycles. The van der Waals surface area contributed by atoms with Gasteiger partial charge in [-0.25, -0.2) is 0 Å². The molecule has 6 nitrogen and oxygen atoms in total. The van der Waals surface area contributed by atoms with E-state index in [1.165, 1.54) is 12.1 Å². The van der Waals surface area contributed by atoms with Crippen LogP contribution in [0.5, 0.6) is 0 Å². The quantitative estimate of drug-likeness (QED) is 0.840. The number of pyridine rings is 1. The van der Waals surface area contributed by atoms with Crippen molar-refractivity contribution in [2.24, 2.45) is 0 Å². The molecule has 0 unspecified atom stereocenters. The molecule has 6 heteroatoms. The van der Waals surface area contributed by atoms with Gasteiger partial charge in [-0.2, -0.15) is 5.26 Å². The zero-order chi connectivity index (χ0) is 15.7. The van der Waals surface area contributed by atoms with Gasteiger partial charge in [0.25, 0.3) is 5.56 Å². The first-order chi connectivity index (χ1) is 10.6. The fourth-order valence-electron chi connectivity index (χ4n) is 2.64. The summed E-state index contributed by atoms with van der Waals surface area (Å²) < 4.78 is 0. The zero-order valence-corrected chi connectivity index (χ0v) is 11.8. The Morgan fingerprint density at radius 1 is 1.23 bits per heavy atom. The predicted octanol–water partition coefficient (Wildman–Crippen LogP) is 1.69. The molecule has 0 spiro atoms. The third kappa shape index (κ3) is 2.53. The number of nitriles is 1. The minimum Gasteiger partial charge on any atom is -0.628 e. The van der Waals surface area contributed by atoms with Crippen molar-refractivity contribution in [1.29, 1.82) is 5.26 Å². The Morgan fingerprint density at radius 2 is 1.91 bits per heavy atom. The molecule has 1 aromatic heterocycles. The molecule has 0 aliphatic heterocycles. The van der Waals surface area contributed by atoms with E-state index in [2.05, 4.69) is 4.98 Å². The molecule has 22 heavy (non-hydrogen) atoms. The molecular weight excluding hydrogens is 282 g/mol. The highest BCUT2D eigenvalue weighted by Crippen LogP contribution is 2.36. The van der Waals surface area contributed by atoms with Crippen LogP contribution in [-0.2, 0) is 0 Å². The zero-order valence-electron chi connectivity index (χ0n) is 11.8. The fraction of sp³-hybridized carbons (Fsp3) is 0.250. The number of H-pyrrole nitrogens is 1. The van der Waals surface area contributed by atoms with Crippen molar-refractivity contribution >= 4 is 5.69 Å². The van der Waals surface area contributed by atoms with E-state index in [1.807, 2.05) is 12.1 Å². The third-order valence-electron chi connectivity index (χ3n) is 4.14. The molecule has 0 radical (unpaired) electrons. The first kappa shape index (κ1) is 14.5. The highest BCUT2D eigenvalue weighted by atomic mass is 16.8. The Morgan fingerprint density at radius 3 is 2.41 bits per heavy atom. The second-order valence-corrected chi connectivity index (χ2v) is 5.45. The second-order valence-electron chi connectivity index (χ2n) is 5.45. The van der Waals surface area contributed by atoms with E-state index in [1.54, 1.807) is 12.1 Å². The van der Waals surface area contributed by atoms with Crippen LogP contribution in [0.1, 0.15) is 36.4 Å². The average molecular weight is 296 g/mol. The molecule has 1 saturated carbocycles. The van der Waals surface area contributed by atoms with Gasteiger partial charge in [0.1, 0.15) is 17.3 Å². The number of benzene rings is 1. The van der Waals surface area contributed by atoms with Crippen LogP contribution in [0.15, 0.2) is 35.1 Å². The van der Waals surface area contributed by atoms with Crippen LogP contribution in [0.3, 0.4) is 0 Å². The van der Waals surface area contributed by atoms with Gasteiger partial charge in [-0.05, 0) is 42.5 Å². The Labute approximate surface area is 126 Å². The molecule has 0 amide bonds. The van der Waals surface area contributed by atoms with E-state index in [0.717, 1.165) is 25.0 Å². The highest BCUT2D eigenvalue weighted by molar-refractivity contribution is 5.71. The molecule has 1 fully saturated rings. The van der Waals surface area contributed by atoms with Crippen LogP contribution in [0, 0.1) is 21.7 Å². The molecule has 3 rings (SSSR count). The van der Waals surface area contributed by atoms with Gasteiger partial charge in [0.05, 0.1) is 0 Å². The van der Waals surface area contributed by atoms with Gasteiger partial charge < -0.3 is 20.6 Å². The topological polar surface area (TPSA) is 107 Å². The lowest BCUT2D eigenvalue weighted by molar-refractivity contribution is -0.715. The number of rotatable bonds is 3. The minimum atomic E-state index is -1.26. The van der Waals surface area contributed by atoms with E-state index < -0.39 is 10.8 Å². The lowest BCUT2D eigenvalue weighted by Gasteiger charge is -2.26. The van der Waals surface area contributed by atoms with Crippen LogP contribution >= 0.6 is 0 Å². The monoisotopic (exact) mass is 296 g/mol. The minimum absolute atomic E-state index is 0.0456. The molecule has 1 aliphatic carbocycles. The largest absolute Gasteiger partial charge is 0.628 e. The number of quaternary nitrogens is 1. The van der Waals surface area contributed by atoms with Gasteiger partial charge >= 0.3 is 0 Å². The first-order valence-electron chi connectivity index (χ1n) is 7.09. The third-order valence-corrected chi connectivity index (χ3v) is 4.14. The normalized spacial score (nSPS) is 14.6. The fourth-order valence-corrected chi connectivity index (χ4v) is 2.64. The Bertz CT molecular complexity index is 784. The highest BCUT2D eigenvalue weighted by Gasteiger charge is 2.22. The van der Waals surface area contributed by atoms with Gasteiger partial charge in [0.2, 0.25) is 0 Å². The summed E-state index contributed by atoms with van der Waals surface area (Å²) in [5, 5.41) is 29.6. The molecule has 0 atom stereocenters. The van der Waals surface area contributed by atoms with Crippen molar-refractivity contribution in [2.75, 3.05) is 0 Å². The summed E-state index contributed by atoms with van der Waals surface area (Å²) in [6.45, 7) is 0. The second kappa shape index (κ2) is 5.73. The lowest BCUT2D eigenvalue weighted by Crippen LogP contribution is -2.96. The lowest BCUT2D eigenvalue weighted by atomic mass is 9.82. The van der Waals surface area contributed by atoms with Crippen molar-refractivity contribution in [2.45, 2.75) is 25.2 Å². The summed E-state index contributed by atoms with van der Waals surface area (Å²) in [5.74, 6) is 0.335. The number of nitrogens with zero attached hydrogens (tertiary/aromatic N) is 1. The maximum absolute atomic E-state index is 12.1. The van der Waals surface area contributed by atoms with Crippen LogP contribution < -0.4 is 10.8 Å². The van der Waals surface area contributed by atoms with E-state index in [4.69, 9.17) is 0 Å². The van der Waals surface area contributed by atoms with E-state index in [0.29, 0.717) is 17.0 Å². The van der Waals surface area contributed by atoms with Crippen molar-refractivity contribution < 1.29 is 5.23 Å². The first-order valence-corrected chi connectivity index (χ1v) is 7.09. The molecule has 1 aromatic carbocycles. The van der Waals surface area contributed by atoms with Gasteiger partial charge in [0.15, 0.2) is 0 Å². The molecular formula is C16H14N3O3-.